The van der Waals surface area contributed by atoms with Crippen molar-refractivity contribution in [3.05, 3.63) is 65.0 Å². The van der Waals surface area contributed by atoms with Crippen LogP contribution in [0.4, 0.5) is 10.1 Å². The molecule has 2 saturated heterocycles. The van der Waals surface area contributed by atoms with E-state index in [0.29, 0.717) is 6.54 Å². The van der Waals surface area contributed by atoms with Crippen molar-refractivity contribution < 1.29 is 14.0 Å². The quantitative estimate of drug-likeness (QED) is 0.800. The Bertz CT molecular complexity index is 952. The monoisotopic (exact) mass is 423 g/mol. The molecule has 2 aromatic rings. The highest BCUT2D eigenvalue weighted by Crippen LogP contribution is 2.29. The molecular formula is C25H30FN3O2. The van der Waals surface area contributed by atoms with E-state index < -0.39 is 0 Å². The maximum atomic E-state index is 13.1. The van der Waals surface area contributed by atoms with Crippen LogP contribution in [-0.2, 0) is 16.1 Å². The van der Waals surface area contributed by atoms with Gasteiger partial charge in [0.05, 0.1) is 5.92 Å². The molecule has 4 rings (SSSR count). The average molecular weight is 424 g/mol. The van der Waals surface area contributed by atoms with E-state index in [0.717, 1.165) is 54.9 Å². The molecule has 2 fully saturated rings. The zero-order valence-electron chi connectivity index (χ0n) is 18.2. The molecule has 2 aromatic carbocycles. The lowest BCUT2D eigenvalue weighted by atomic mass is 10.0. The second-order valence-electron chi connectivity index (χ2n) is 8.81. The third kappa shape index (κ3) is 4.96. The van der Waals surface area contributed by atoms with Gasteiger partial charge in [0.15, 0.2) is 0 Å². The van der Waals surface area contributed by atoms with Gasteiger partial charge in [-0.2, -0.15) is 0 Å². The zero-order valence-corrected chi connectivity index (χ0v) is 18.2. The molecular weight excluding hydrogens is 393 g/mol. The Morgan fingerprint density at radius 2 is 1.81 bits per heavy atom. The van der Waals surface area contributed by atoms with E-state index in [-0.39, 0.29) is 36.0 Å². The Hall–Kier alpha value is -2.73. The van der Waals surface area contributed by atoms with Gasteiger partial charge in [0.2, 0.25) is 11.8 Å². The molecule has 164 valence electrons. The summed E-state index contributed by atoms with van der Waals surface area (Å²) >= 11 is 0. The maximum absolute atomic E-state index is 13.1. The molecule has 1 N–H and O–H groups in total. The first-order chi connectivity index (χ1) is 14.9. The van der Waals surface area contributed by atoms with Gasteiger partial charge in [-0.05, 0) is 61.6 Å². The van der Waals surface area contributed by atoms with Gasteiger partial charge in [0.1, 0.15) is 5.82 Å². The lowest BCUT2D eigenvalue weighted by Gasteiger charge is -2.32. The fourth-order valence-electron chi connectivity index (χ4n) is 4.55. The molecule has 0 aliphatic carbocycles. The first-order valence-corrected chi connectivity index (χ1v) is 11.0. The summed E-state index contributed by atoms with van der Waals surface area (Å²) < 4.78 is 13.1. The van der Waals surface area contributed by atoms with E-state index in [1.165, 1.54) is 12.1 Å². The SMILES string of the molecule is Cc1cccc(N2CC(C(=O)NC3CCN(Cc4ccc(F)cc4)CC3)CC2=O)c1C. The smallest absolute Gasteiger partial charge is 0.227 e. The topological polar surface area (TPSA) is 52.7 Å². The highest BCUT2D eigenvalue weighted by molar-refractivity contribution is 6.01. The number of nitrogens with zero attached hydrogens (tertiary/aromatic N) is 2. The number of amides is 2. The van der Waals surface area contributed by atoms with Crippen LogP contribution in [0.15, 0.2) is 42.5 Å². The van der Waals surface area contributed by atoms with Crippen molar-refractivity contribution in [1.29, 1.82) is 0 Å². The summed E-state index contributed by atoms with van der Waals surface area (Å²) in [5.41, 5.74) is 4.24. The highest BCUT2D eigenvalue weighted by atomic mass is 19.1. The van der Waals surface area contributed by atoms with Crippen LogP contribution >= 0.6 is 0 Å². The van der Waals surface area contributed by atoms with Crippen LogP contribution in [0.25, 0.3) is 0 Å². The minimum atomic E-state index is -0.301. The number of hydrogen-bond acceptors (Lipinski definition) is 3. The highest BCUT2D eigenvalue weighted by Gasteiger charge is 2.36. The largest absolute Gasteiger partial charge is 0.353 e. The average Bonchev–Trinajstić information content (AvgIpc) is 3.15. The number of nitrogens with one attached hydrogen (secondary N) is 1. The predicted molar refractivity (Wildman–Crippen MR) is 119 cm³/mol. The van der Waals surface area contributed by atoms with E-state index in [1.807, 2.05) is 44.2 Å². The van der Waals surface area contributed by atoms with Gasteiger partial charge in [-0.1, -0.05) is 24.3 Å². The van der Waals surface area contributed by atoms with Crippen molar-refractivity contribution in [1.82, 2.24) is 10.2 Å². The summed E-state index contributed by atoms with van der Waals surface area (Å²) in [5, 5.41) is 3.18. The summed E-state index contributed by atoms with van der Waals surface area (Å²) in [6, 6.07) is 12.7. The third-order valence-electron chi connectivity index (χ3n) is 6.62. The summed E-state index contributed by atoms with van der Waals surface area (Å²) in [4.78, 5) is 29.5. The fourth-order valence-corrected chi connectivity index (χ4v) is 4.55. The molecule has 2 heterocycles. The standard InChI is InChI=1S/C25H30FN3O2/c1-17-4-3-5-23(18(17)2)29-16-20(14-24(29)30)25(31)27-22-10-12-28(13-11-22)15-19-6-8-21(26)9-7-19/h3-9,20,22H,10-16H2,1-2H3,(H,27,31). The van der Waals surface area contributed by atoms with Crippen molar-refractivity contribution >= 4 is 17.5 Å². The predicted octanol–water partition coefficient (Wildman–Crippen LogP) is 3.58. The van der Waals surface area contributed by atoms with E-state index in [1.54, 1.807) is 4.90 Å². The first-order valence-electron chi connectivity index (χ1n) is 11.0. The summed E-state index contributed by atoms with van der Waals surface area (Å²) in [7, 11) is 0. The summed E-state index contributed by atoms with van der Waals surface area (Å²) in [6.45, 7) is 7.07. The van der Waals surface area contributed by atoms with E-state index in [2.05, 4.69) is 10.2 Å². The van der Waals surface area contributed by atoms with Gasteiger partial charge in [0, 0.05) is 44.3 Å². The molecule has 0 saturated carbocycles. The molecule has 0 aromatic heterocycles. The Morgan fingerprint density at radius 3 is 2.52 bits per heavy atom. The number of aryl methyl sites for hydroxylation is 1. The zero-order chi connectivity index (χ0) is 22.0. The Labute approximate surface area is 183 Å². The lowest BCUT2D eigenvalue weighted by Crippen LogP contribution is -2.46. The number of carbonyl (C=O) groups excluding carboxylic acids is 2. The minimum Gasteiger partial charge on any atom is -0.353 e. The number of hydrogen-bond donors (Lipinski definition) is 1. The van der Waals surface area contributed by atoms with Crippen LogP contribution in [0.1, 0.15) is 36.0 Å². The number of halogens is 1. The van der Waals surface area contributed by atoms with E-state index in [9.17, 15) is 14.0 Å². The van der Waals surface area contributed by atoms with Gasteiger partial charge >= 0.3 is 0 Å². The lowest BCUT2D eigenvalue weighted by molar-refractivity contribution is -0.127. The molecule has 1 atom stereocenters. The van der Waals surface area contributed by atoms with Crippen molar-refractivity contribution in [3.63, 3.8) is 0 Å². The van der Waals surface area contributed by atoms with E-state index in [4.69, 9.17) is 0 Å². The Morgan fingerprint density at radius 1 is 1.10 bits per heavy atom. The number of rotatable bonds is 5. The molecule has 2 aliphatic rings. The van der Waals surface area contributed by atoms with Gasteiger partial charge < -0.3 is 10.2 Å². The van der Waals surface area contributed by atoms with Crippen LogP contribution < -0.4 is 10.2 Å². The molecule has 2 aliphatic heterocycles. The molecule has 2 amide bonds. The normalized spacial score (nSPS) is 20.3. The second kappa shape index (κ2) is 9.18. The molecule has 31 heavy (non-hydrogen) atoms. The fraction of sp³-hybridized carbons (Fsp3) is 0.440. The van der Waals surface area contributed by atoms with Gasteiger partial charge in [-0.15, -0.1) is 0 Å². The molecule has 5 nitrogen and oxygen atoms in total. The number of anilines is 1. The van der Waals surface area contributed by atoms with Crippen LogP contribution in [0.2, 0.25) is 0 Å². The van der Waals surface area contributed by atoms with Gasteiger partial charge in [-0.25, -0.2) is 4.39 Å². The number of carbonyl (C=O) groups is 2. The second-order valence-corrected chi connectivity index (χ2v) is 8.81. The Kier molecular flexibility index (Phi) is 6.37. The van der Waals surface area contributed by atoms with Crippen LogP contribution in [0.3, 0.4) is 0 Å². The number of benzene rings is 2. The molecule has 6 heteroatoms. The molecule has 0 spiro atoms. The minimum absolute atomic E-state index is 0.0156. The third-order valence-corrected chi connectivity index (χ3v) is 6.62. The van der Waals surface area contributed by atoms with E-state index >= 15 is 0 Å². The maximum Gasteiger partial charge on any atom is 0.227 e. The van der Waals surface area contributed by atoms with Crippen molar-refractivity contribution in [2.45, 2.75) is 45.7 Å². The van der Waals surface area contributed by atoms with Crippen molar-refractivity contribution in [3.8, 4) is 0 Å². The van der Waals surface area contributed by atoms with Crippen molar-refractivity contribution in [2.24, 2.45) is 5.92 Å². The summed E-state index contributed by atoms with van der Waals surface area (Å²) in [6.07, 6.45) is 2.03. The van der Waals surface area contributed by atoms with Crippen LogP contribution in [0.5, 0.6) is 0 Å². The van der Waals surface area contributed by atoms with Gasteiger partial charge in [-0.3, -0.25) is 14.5 Å². The van der Waals surface area contributed by atoms with Crippen LogP contribution in [-0.4, -0.2) is 42.4 Å². The van der Waals surface area contributed by atoms with Crippen LogP contribution in [0, 0.1) is 25.6 Å². The number of likely N-dealkylation sites (tertiary alicyclic amines) is 1. The number of piperidine rings is 1. The molecule has 0 radical (unpaired) electrons. The van der Waals surface area contributed by atoms with Crippen molar-refractivity contribution in [2.75, 3.05) is 24.5 Å². The van der Waals surface area contributed by atoms with Gasteiger partial charge in [0.25, 0.3) is 0 Å². The first kappa shape index (κ1) is 21.5. The Balaban J connectivity index is 1.28. The molecule has 0 bridgehead atoms. The summed E-state index contributed by atoms with van der Waals surface area (Å²) in [5.74, 6) is -0.516. The molecule has 1 unspecified atom stereocenters.